The van der Waals surface area contributed by atoms with E-state index >= 15 is 0 Å². The highest BCUT2D eigenvalue weighted by Gasteiger charge is 2.17. The molecule has 7 heteroatoms. The molecule has 2 rings (SSSR count). The predicted molar refractivity (Wildman–Crippen MR) is 72.6 cm³/mol. The maximum Gasteiger partial charge on any atom is 0.328 e. The number of nitrogens with two attached hydrogens (primary N) is 1. The molecule has 1 amide bonds. The topological polar surface area (TPSA) is 90.4 Å². The van der Waals surface area contributed by atoms with Crippen LogP contribution in [0.25, 0.3) is 0 Å². The van der Waals surface area contributed by atoms with Gasteiger partial charge in [-0.15, -0.1) is 0 Å². The van der Waals surface area contributed by atoms with Crippen LogP contribution >= 0.6 is 0 Å². The Balaban J connectivity index is 1.73. The molecule has 0 bridgehead atoms. The van der Waals surface area contributed by atoms with Crippen molar-refractivity contribution in [2.45, 2.75) is 32.2 Å². The predicted octanol–water partition coefficient (Wildman–Crippen LogP) is 0.411. The fourth-order valence-corrected chi connectivity index (χ4v) is 2.20. The molecule has 1 aromatic rings. The first-order valence-corrected chi connectivity index (χ1v) is 6.87. The molecule has 0 spiro atoms. The number of ether oxygens (including phenoxy) is 1. The van der Waals surface area contributed by atoms with Gasteiger partial charge in [0, 0.05) is 19.3 Å². The Morgan fingerprint density at radius 1 is 1.25 bits per heavy atom. The van der Waals surface area contributed by atoms with Crippen molar-refractivity contribution in [3.8, 4) is 0 Å². The van der Waals surface area contributed by atoms with Gasteiger partial charge in [-0.05, 0) is 18.9 Å². The molecule has 2 heterocycles. The summed E-state index contributed by atoms with van der Waals surface area (Å²) in [5.74, 6) is -0.269. The molecule has 1 fully saturated rings. The summed E-state index contributed by atoms with van der Waals surface area (Å²) in [6.45, 7) is 1.28. The van der Waals surface area contributed by atoms with E-state index in [1.54, 1.807) is 17.2 Å². The summed E-state index contributed by atoms with van der Waals surface area (Å²) in [4.78, 5) is 25.3. The number of carbonyl (C=O) groups excluding carboxylic acids is 2. The third-order valence-corrected chi connectivity index (χ3v) is 3.27. The van der Waals surface area contributed by atoms with Crippen LogP contribution in [0.3, 0.4) is 0 Å². The van der Waals surface area contributed by atoms with Gasteiger partial charge in [-0.1, -0.05) is 12.8 Å². The normalized spacial score (nSPS) is 15.7. The van der Waals surface area contributed by atoms with Gasteiger partial charge in [-0.25, -0.2) is 0 Å². The second kappa shape index (κ2) is 6.93. The molecule has 1 aliphatic rings. The van der Waals surface area contributed by atoms with Gasteiger partial charge in [-0.2, -0.15) is 5.10 Å². The summed E-state index contributed by atoms with van der Waals surface area (Å²) in [7, 11) is 0. The van der Waals surface area contributed by atoms with Crippen LogP contribution in [0.2, 0.25) is 0 Å². The van der Waals surface area contributed by atoms with Gasteiger partial charge in [-0.3, -0.25) is 14.3 Å². The smallest absolute Gasteiger partial charge is 0.328 e. The monoisotopic (exact) mass is 280 g/mol. The summed E-state index contributed by atoms with van der Waals surface area (Å²) in [5, 5.41) is 3.88. The minimum Gasteiger partial charge on any atom is -0.454 e. The Bertz CT molecular complexity index is 464. The zero-order valence-corrected chi connectivity index (χ0v) is 11.5. The zero-order chi connectivity index (χ0) is 14.4. The summed E-state index contributed by atoms with van der Waals surface area (Å²) >= 11 is 0. The maximum absolute atomic E-state index is 11.9. The van der Waals surface area contributed by atoms with Crippen LogP contribution in [0.4, 0.5) is 5.82 Å². The minimum atomic E-state index is -0.490. The van der Waals surface area contributed by atoms with Gasteiger partial charge in [0.15, 0.2) is 6.61 Å². The van der Waals surface area contributed by atoms with E-state index in [-0.39, 0.29) is 19.1 Å². The van der Waals surface area contributed by atoms with Gasteiger partial charge in [0.2, 0.25) is 0 Å². The zero-order valence-electron chi connectivity index (χ0n) is 11.5. The van der Waals surface area contributed by atoms with Crippen LogP contribution in [0, 0.1) is 0 Å². The lowest BCUT2D eigenvalue weighted by atomic mass is 10.2. The molecule has 0 atom stereocenters. The van der Waals surface area contributed by atoms with E-state index in [1.807, 2.05) is 0 Å². The molecule has 2 N–H and O–H groups in total. The lowest BCUT2D eigenvalue weighted by Crippen LogP contribution is -2.35. The van der Waals surface area contributed by atoms with E-state index in [0.29, 0.717) is 5.82 Å². The first-order chi connectivity index (χ1) is 9.65. The van der Waals surface area contributed by atoms with Crippen LogP contribution in [-0.2, 0) is 20.9 Å². The SMILES string of the molecule is Nc1ccn(CC(=O)OCC(=O)N2CCCCCC2)n1. The van der Waals surface area contributed by atoms with Crippen LogP contribution in [-0.4, -0.2) is 46.3 Å². The van der Waals surface area contributed by atoms with Gasteiger partial charge in [0.25, 0.3) is 5.91 Å². The van der Waals surface area contributed by atoms with Gasteiger partial charge in [0.1, 0.15) is 12.4 Å². The highest BCUT2D eigenvalue weighted by atomic mass is 16.5. The van der Waals surface area contributed by atoms with Crippen LogP contribution < -0.4 is 5.73 Å². The van der Waals surface area contributed by atoms with Crippen molar-refractivity contribution in [2.75, 3.05) is 25.4 Å². The van der Waals surface area contributed by atoms with E-state index in [4.69, 9.17) is 10.5 Å². The molecule has 1 aliphatic heterocycles. The molecule has 20 heavy (non-hydrogen) atoms. The number of amides is 1. The highest BCUT2D eigenvalue weighted by molar-refractivity contribution is 5.80. The summed E-state index contributed by atoms with van der Waals surface area (Å²) < 4.78 is 6.36. The van der Waals surface area contributed by atoms with Crippen molar-refractivity contribution in [1.82, 2.24) is 14.7 Å². The number of hydrogen-bond acceptors (Lipinski definition) is 5. The summed E-state index contributed by atoms with van der Waals surface area (Å²) in [5.41, 5.74) is 5.44. The molecule has 7 nitrogen and oxygen atoms in total. The van der Waals surface area contributed by atoms with E-state index in [2.05, 4.69) is 5.10 Å². The van der Waals surface area contributed by atoms with Crippen LogP contribution in [0.1, 0.15) is 25.7 Å². The number of anilines is 1. The fourth-order valence-electron chi connectivity index (χ4n) is 2.20. The summed E-state index contributed by atoms with van der Waals surface area (Å²) in [6, 6.07) is 1.59. The number of rotatable bonds is 4. The second-order valence-corrected chi connectivity index (χ2v) is 4.89. The number of hydrogen-bond donors (Lipinski definition) is 1. The molecule has 0 aromatic carbocycles. The summed E-state index contributed by atoms with van der Waals surface area (Å²) in [6.07, 6.45) is 5.94. The molecule has 0 aliphatic carbocycles. The Morgan fingerprint density at radius 2 is 1.95 bits per heavy atom. The molecule has 0 saturated carbocycles. The largest absolute Gasteiger partial charge is 0.454 e. The molecule has 1 aromatic heterocycles. The van der Waals surface area contributed by atoms with Gasteiger partial charge in [0.05, 0.1) is 0 Å². The number of carbonyl (C=O) groups is 2. The molecule has 0 radical (unpaired) electrons. The van der Waals surface area contributed by atoms with E-state index in [9.17, 15) is 9.59 Å². The van der Waals surface area contributed by atoms with Gasteiger partial charge >= 0.3 is 5.97 Å². The van der Waals surface area contributed by atoms with Crippen molar-refractivity contribution < 1.29 is 14.3 Å². The second-order valence-electron chi connectivity index (χ2n) is 4.89. The molecule has 0 unspecified atom stereocenters. The molecular formula is C13H20N4O3. The van der Waals surface area contributed by atoms with Crippen LogP contribution in [0.15, 0.2) is 12.3 Å². The Labute approximate surface area is 117 Å². The Morgan fingerprint density at radius 3 is 2.55 bits per heavy atom. The Hall–Kier alpha value is -2.05. The number of aromatic nitrogens is 2. The van der Waals surface area contributed by atoms with Crippen molar-refractivity contribution in [3.05, 3.63) is 12.3 Å². The minimum absolute atomic E-state index is 0.0372. The lowest BCUT2D eigenvalue weighted by molar-refractivity contribution is -0.152. The number of nitrogens with zero attached hydrogens (tertiary/aromatic N) is 3. The van der Waals surface area contributed by atoms with E-state index in [0.717, 1.165) is 38.8 Å². The third-order valence-electron chi connectivity index (χ3n) is 3.27. The number of esters is 1. The van der Waals surface area contributed by atoms with Gasteiger partial charge < -0.3 is 15.4 Å². The lowest BCUT2D eigenvalue weighted by Gasteiger charge is -2.19. The first-order valence-electron chi connectivity index (χ1n) is 6.87. The van der Waals surface area contributed by atoms with Crippen molar-refractivity contribution >= 4 is 17.7 Å². The van der Waals surface area contributed by atoms with Crippen molar-refractivity contribution in [3.63, 3.8) is 0 Å². The van der Waals surface area contributed by atoms with Crippen LogP contribution in [0.5, 0.6) is 0 Å². The van der Waals surface area contributed by atoms with Crippen molar-refractivity contribution in [1.29, 1.82) is 0 Å². The highest BCUT2D eigenvalue weighted by Crippen LogP contribution is 2.09. The molecule has 1 saturated heterocycles. The number of likely N-dealkylation sites (tertiary alicyclic amines) is 1. The van der Waals surface area contributed by atoms with Crippen molar-refractivity contribution in [2.24, 2.45) is 0 Å². The van der Waals surface area contributed by atoms with E-state index in [1.165, 1.54) is 4.68 Å². The van der Waals surface area contributed by atoms with E-state index < -0.39 is 5.97 Å². The quantitative estimate of drug-likeness (QED) is 0.807. The molecule has 110 valence electrons. The maximum atomic E-state index is 11.9. The Kier molecular flexibility index (Phi) is 4.97. The molecular weight excluding hydrogens is 260 g/mol. The fraction of sp³-hybridized carbons (Fsp3) is 0.615. The average molecular weight is 280 g/mol. The number of nitrogen functional groups attached to an aromatic ring is 1. The first kappa shape index (κ1) is 14.4. The average Bonchev–Trinajstić information content (AvgIpc) is 2.69. The standard InChI is InChI=1S/C13H20N4O3/c14-11-5-8-17(15-11)9-13(19)20-10-12(18)16-6-3-1-2-4-7-16/h5,8H,1-4,6-7,9-10H2,(H2,14,15). The third kappa shape index (κ3) is 4.25.